The highest BCUT2D eigenvalue weighted by molar-refractivity contribution is 6.33. The fraction of sp³-hybridized carbons (Fsp3) is 0.300. The molecule has 2 heterocycles. The number of nitrogens with zero attached hydrogens (tertiary/aromatic N) is 3. The van der Waals surface area contributed by atoms with E-state index in [0.717, 1.165) is 6.20 Å². The standard InChI is InChI=1S/C10H6ClF4N3O/c11-8-7-5(1-2-16-8)18-6(3-17-7)19-4-10(14,15)9(12)13/h1-3,9H,4H2. The molecule has 2 rings (SSSR count). The van der Waals surface area contributed by atoms with Crippen molar-refractivity contribution in [3.63, 3.8) is 0 Å². The van der Waals surface area contributed by atoms with Crippen molar-refractivity contribution in [3.8, 4) is 5.88 Å². The number of pyridine rings is 1. The number of alkyl halides is 4. The van der Waals surface area contributed by atoms with E-state index in [2.05, 4.69) is 19.7 Å². The predicted molar refractivity (Wildman–Crippen MR) is 58.8 cm³/mol. The summed E-state index contributed by atoms with van der Waals surface area (Å²) in [4.78, 5) is 11.4. The summed E-state index contributed by atoms with van der Waals surface area (Å²) < 4.78 is 53.7. The Hall–Kier alpha value is -1.70. The van der Waals surface area contributed by atoms with Crippen LogP contribution >= 0.6 is 11.6 Å². The van der Waals surface area contributed by atoms with E-state index in [4.69, 9.17) is 11.6 Å². The van der Waals surface area contributed by atoms with Crippen molar-refractivity contribution < 1.29 is 22.3 Å². The molecule has 0 bridgehead atoms. The lowest BCUT2D eigenvalue weighted by atomic mass is 10.4. The van der Waals surface area contributed by atoms with Crippen LogP contribution in [0.3, 0.4) is 0 Å². The number of ether oxygens (including phenoxy) is 1. The van der Waals surface area contributed by atoms with Gasteiger partial charge in [0.25, 0.3) is 0 Å². The Balaban J connectivity index is 2.19. The Bertz CT molecular complexity index is 596. The molecule has 0 saturated carbocycles. The molecule has 0 aromatic carbocycles. The molecule has 0 saturated heterocycles. The van der Waals surface area contributed by atoms with E-state index < -0.39 is 19.0 Å². The summed E-state index contributed by atoms with van der Waals surface area (Å²) in [6.45, 7) is -1.48. The molecular formula is C10H6ClF4N3O. The van der Waals surface area contributed by atoms with Gasteiger partial charge >= 0.3 is 12.3 Å². The van der Waals surface area contributed by atoms with Crippen LogP contribution in [0.5, 0.6) is 5.88 Å². The van der Waals surface area contributed by atoms with Gasteiger partial charge in [0.2, 0.25) is 5.88 Å². The highest BCUT2D eigenvalue weighted by Gasteiger charge is 2.41. The molecule has 19 heavy (non-hydrogen) atoms. The van der Waals surface area contributed by atoms with Crippen LogP contribution in [0.2, 0.25) is 5.15 Å². The summed E-state index contributed by atoms with van der Waals surface area (Å²) in [5.41, 5.74) is 0.523. The zero-order valence-electron chi connectivity index (χ0n) is 9.16. The first-order chi connectivity index (χ1) is 8.90. The van der Waals surface area contributed by atoms with Gasteiger partial charge in [-0.2, -0.15) is 8.78 Å². The van der Waals surface area contributed by atoms with Gasteiger partial charge in [0, 0.05) is 6.20 Å². The van der Waals surface area contributed by atoms with Gasteiger partial charge in [0.05, 0.1) is 11.7 Å². The van der Waals surface area contributed by atoms with Crippen LogP contribution in [0.1, 0.15) is 0 Å². The fourth-order valence-corrected chi connectivity index (χ4v) is 1.40. The maximum Gasteiger partial charge on any atom is 0.340 e. The fourth-order valence-electron chi connectivity index (χ4n) is 1.20. The number of fused-ring (bicyclic) bond motifs is 1. The maximum absolute atomic E-state index is 12.7. The number of halogens is 5. The Morgan fingerprint density at radius 3 is 2.74 bits per heavy atom. The van der Waals surface area contributed by atoms with Gasteiger partial charge < -0.3 is 4.74 Å². The smallest absolute Gasteiger partial charge is 0.340 e. The molecule has 0 spiro atoms. The van der Waals surface area contributed by atoms with Crippen LogP contribution in [0.15, 0.2) is 18.5 Å². The lowest BCUT2D eigenvalue weighted by molar-refractivity contribution is -0.148. The minimum atomic E-state index is -4.24. The summed E-state index contributed by atoms with van der Waals surface area (Å²) in [6.07, 6.45) is -1.45. The Morgan fingerprint density at radius 2 is 2.05 bits per heavy atom. The van der Waals surface area contributed by atoms with Crippen molar-refractivity contribution in [2.75, 3.05) is 6.61 Å². The summed E-state index contributed by atoms with van der Waals surface area (Å²) in [5.74, 6) is -4.54. The molecule has 0 unspecified atom stereocenters. The quantitative estimate of drug-likeness (QED) is 0.643. The molecule has 2 aromatic rings. The molecule has 0 aliphatic carbocycles. The van der Waals surface area contributed by atoms with E-state index in [1.54, 1.807) is 0 Å². The Kier molecular flexibility index (Phi) is 3.70. The lowest BCUT2D eigenvalue weighted by Crippen LogP contribution is -2.33. The predicted octanol–water partition coefficient (Wildman–Crippen LogP) is 2.96. The molecule has 9 heteroatoms. The van der Waals surface area contributed by atoms with Crippen molar-refractivity contribution in [2.45, 2.75) is 12.3 Å². The third-order valence-electron chi connectivity index (χ3n) is 2.12. The van der Waals surface area contributed by atoms with E-state index in [9.17, 15) is 17.6 Å². The second-order valence-electron chi connectivity index (χ2n) is 3.53. The third kappa shape index (κ3) is 3.01. The van der Waals surface area contributed by atoms with Gasteiger partial charge in [-0.1, -0.05) is 11.6 Å². The molecule has 0 amide bonds. The van der Waals surface area contributed by atoms with Crippen molar-refractivity contribution in [2.24, 2.45) is 0 Å². The number of aromatic nitrogens is 3. The zero-order chi connectivity index (χ0) is 14.0. The van der Waals surface area contributed by atoms with Crippen LogP contribution in [-0.4, -0.2) is 33.9 Å². The van der Waals surface area contributed by atoms with Crippen LogP contribution in [0.4, 0.5) is 17.6 Å². The first kappa shape index (κ1) is 13.7. The van der Waals surface area contributed by atoms with E-state index >= 15 is 0 Å². The van der Waals surface area contributed by atoms with Crippen molar-refractivity contribution in [1.29, 1.82) is 0 Å². The van der Waals surface area contributed by atoms with Gasteiger partial charge in [-0.15, -0.1) is 0 Å². The number of rotatable bonds is 4. The normalized spacial score (nSPS) is 12.1. The average Bonchev–Trinajstić information content (AvgIpc) is 2.36. The van der Waals surface area contributed by atoms with Crippen molar-refractivity contribution >= 4 is 22.6 Å². The molecule has 0 atom stereocenters. The van der Waals surface area contributed by atoms with Crippen molar-refractivity contribution in [1.82, 2.24) is 15.0 Å². The molecule has 0 aliphatic heterocycles. The third-order valence-corrected chi connectivity index (χ3v) is 2.40. The highest BCUT2D eigenvalue weighted by Crippen LogP contribution is 2.24. The van der Waals surface area contributed by atoms with E-state index in [-0.39, 0.29) is 22.1 Å². The summed E-state index contributed by atoms with van der Waals surface area (Å²) >= 11 is 5.73. The zero-order valence-corrected chi connectivity index (χ0v) is 9.91. The minimum absolute atomic E-state index is 0.0921. The van der Waals surface area contributed by atoms with Gasteiger partial charge in [-0.25, -0.2) is 23.7 Å². The second kappa shape index (κ2) is 5.12. The Morgan fingerprint density at radius 1 is 1.32 bits per heavy atom. The van der Waals surface area contributed by atoms with Crippen molar-refractivity contribution in [3.05, 3.63) is 23.6 Å². The Labute approximate surface area is 109 Å². The average molecular weight is 296 g/mol. The molecule has 0 aliphatic rings. The maximum atomic E-state index is 12.7. The van der Waals surface area contributed by atoms with Crippen LogP contribution in [0, 0.1) is 0 Å². The van der Waals surface area contributed by atoms with Crippen LogP contribution < -0.4 is 4.74 Å². The summed E-state index contributed by atoms with van der Waals surface area (Å²) in [6, 6.07) is 1.44. The van der Waals surface area contributed by atoms with E-state index in [1.807, 2.05) is 0 Å². The van der Waals surface area contributed by atoms with Gasteiger partial charge in [0.15, 0.2) is 11.8 Å². The molecular weight excluding hydrogens is 290 g/mol. The van der Waals surface area contributed by atoms with E-state index in [1.165, 1.54) is 12.3 Å². The SMILES string of the molecule is FC(F)C(F)(F)COc1cnc2c(Cl)nccc2n1. The molecule has 0 radical (unpaired) electrons. The highest BCUT2D eigenvalue weighted by atomic mass is 35.5. The second-order valence-corrected chi connectivity index (χ2v) is 3.89. The molecule has 4 nitrogen and oxygen atoms in total. The molecule has 102 valence electrons. The monoisotopic (exact) mass is 295 g/mol. The molecule has 2 aromatic heterocycles. The summed E-state index contributed by atoms with van der Waals surface area (Å²) in [7, 11) is 0. The summed E-state index contributed by atoms with van der Waals surface area (Å²) in [5, 5.41) is 0.0921. The van der Waals surface area contributed by atoms with Gasteiger partial charge in [-0.05, 0) is 6.07 Å². The minimum Gasteiger partial charge on any atom is -0.470 e. The molecule has 0 N–H and O–H groups in total. The van der Waals surface area contributed by atoms with E-state index in [0.29, 0.717) is 0 Å². The van der Waals surface area contributed by atoms with Crippen LogP contribution in [-0.2, 0) is 0 Å². The van der Waals surface area contributed by atoms with Crippen LogP contribution in [0.25, 0.3) is 11.0 Å². The topological polar surface area (TPSA) is 47.9 Å². The largest absolute Gasteiger partial charge is 0.470 e. The first-order valence-electron chi connectivity index (χ1n) is 4.96. The number of hydrogen-bond donors (Lipinski definition) is 0. The van der Waals surface area contributed by atoms with Gasteiger partial charge in [0.1, 0.15) is 5.52 Å². The lowest BCUT2D eigenvalue weighted by Gasteiger charge is -2.15. The number of hydrogen-bond acceptors (Lipinski definition) is 4. The van der Waals surface area contributed by atoms with Gasteiger partial charge in [-0.3, -0.25) is 0 Å². The molecule has 0 fully saturated rings. The first-order valence-corrected chi connectivity index (χ1v) is 5.34.